The number of fused-ring (bicyclic) bond motifs is 2. The van der Waals surface area contributed by atoms with Crippen LogP contribution in [0.4, 0.5) is 37.7 Å². The Hall–Kier alpha value is -4.77. The number of halogens is 6. The van der Waals surface area contributed by atoms with E-state index in [-0.39, 0.29) is 29.5 Å². The van der Waals surface area contributed by atoms with Crippen LogP contribution in [0.25, 0.3) is 0 Å². The summed E-state index contributed by atoms with van der Waals surface area (Å²) in [6, 6.07) is 12.5. The van der Waals surface area contributed by atoms with Gasteiger partial charge in [-0.1, -0.05) is 41.3 Å². The Balaban J connectivity index is 1.29. The van der Waals surface area contributed by atoms with Crippen LogP contribution in [-0.2, 0) is 26.7 Å². The van der Waals surface area contributed by atoms with Crippen molar-refractivity contribution in [3.63, 3.8) is 0 Å². The first-order chi connectivity index (χ1) is 23.2. The average molecular weight is 724 g/mol. The predicted octanol–water partition coefficient (Wildman–Crippen LogP) is 6.69. The molecule has 1 aromatic heterocycles. The number of H-pyrrole nitrogens is 1. The zero-order valence-electron chi connectivity index (χ0n) is 25.0. The molecule has 4 aromatic rings. The van der Waals surface area contributed by atoms with E-state index >= 15 is 0 Å². The van der Waals surface area contributed by atoms with E-state index in [1.165, 1.54) is 24.3 Å². The number of aromatic nitrogens is 1. The van der Waals surface area contributed by atoms with Crippen molar-refractivity contribution >= 4 is 52.2 Å². The molecule has 0 radical (unpaired) electrons. The van der Waals surface area contributed by atoms with Crippen molar-refractivity contribution in [3.05, 3.63) is 98.0 Å². The molecule has 6 rings (SSSR count). The number of ether oxygens (including phenoxy) is 2. The molecule has 2 unspecified atom stereocenters. The van der Waals surface area contributed by atoms with Crippen LogP contribution < -0.4 is 24.6 Å². The molecular formula is C32H23F6N3O6S2. The van der Waals surface area contributed by atoms with E-state index in [1.54, 1.807) is 13.0 Å². The van der Waals surface area contributed by atoms with Crippen LogP contribution in [0.2, 0.25) is 0 Å². The van der Waals surface area contributed by atoms with E-state index in [1.807, 2.05) is 0 Å². The maximum absolute atomic E-state index is 14.0. The van der Waals surface area contributed by atoms with Crippen molar-refractivity contribution in [2.45, 2.75) is 35.5 Å². The topological polar surface area (TPSA) is 118 Å². The molecule has 2 aliphatic rings. The summed E-state index contributed by atoms with van der Waals surface area (Å²) < 4.78 is 91.0. The number of alkyl halides is 6. The fourth-order valence-electron chi connectivity index (χ4n) is 5.67. The molecule has 3 atom stereocenters. The van der Waals surface area contributed by atoms with Crippen LogP contribution in [-0.4, -0.2) is 41.2 Å². The van der Waals surface area contributed by atoms with Gasteiger partial charge < -0.3 is 19.8 Å². The van der Waals surface area contributed by atoms with E-state index in [0.29, 0.717) is 15.5 Å². The minimum atomic E-state index is -4.71. The van der Waals surface area contributed by atoms with Crippen LogP contribution in [0.15, 0.2) is 76.6 Å². The molecule has 256 valence electrons. The summed E-state index contributed by atoms with van der Waals surface area (Å²) in [4.78, 5) is 56.0. The minimum absolute atomic E-state index is 0.0772. The number of thioether (sulfide) groups is 1. The number of nitrogens with one attached hydrogen (secondary N) is 2. The van der Waals surface area contributed by atoms with Crippen LogP contribution >= 0.6 is 23.1 Å². The molecule has 1 saturated heterocycles. The van der Waals surface area contributed by atoms with Crippen molar-refractivity contribution in [2.75, 3.05) is 23.4 Å². The van der Waals surface area contributed by atoms with Crippen molar-refractivity contribution < 1.29 is 50.2 Å². The number of benzene rings is 3. The lowest BCUT2D eigenvalue weighted by molar-refractivity contribution is -0.138. The van der Waals surface area contributed by atoms with Gasteiger partial charge in [-0.2, -0.15) is 26.3 Å². The number of carbonyl (C=O) groups excluding carboxylic acids is 3. The zero-order valence-corrected chi connectivity index (χ0v) is 26.6. The molecule has 3 aromatic carbocycles. The molecule has 17 heteroatoms. The number of hydrogen-bond acceptors (Lipinski definition) is 8. The van der Waals surface area contributed by atoms with Gasteiger partial charge in [0.2, 0.25) is 11.8 Å². The number of amides is 3. The molecule has 0 bridgehead atoms. The van der Waals surface area contributed by atoms with Crippen molar-refractivity contribution in [3.8, 4) is 11.5 Å². The lowest BCUT2D eigenvalue weighted by Gasteiger charge is -2.30. The summed E-state index contributed by atoms with van der Waals surface area (Å²) >= 11 is 1.79. The van der Waals surface area contributed by atoms with E-state index < -0.39 is 69.8 Å². The first-order valence-electron chi connectivity index (χ1n) is 14.5. The number of thiazole rings is 1. The second-order valence-electron chi connectivity index (χ2n) is 10.9. The first kappa shape index (κ1) is 34.1. The molecule has 3 amide bonds. The van der Waals surface area contributed by atoms with Crippen molar-refractivity contribution in [2.24, 2.45) is 5.92 Å². The SMILES string of the molecule is CCOc1cc([C@H]2c3sc(=O)[nH]c3SC3C(=O)N(c4cccc(C(F)(F)F)c4)C(=O)C32)ccc1OCC(=O)Nc1cccc(C(F)(F)F)c1. The van der Waals surface area contributed by atoms with Gasteiger partial charge in [0, 0.05) is 16.5 Å². The molecule has 1 fully saturated rings. The Kier molecular flexibility index (Phi) is 9.00. The van der Waals surface area contributed by atoms with Gasteiger partial charge in [-0.05, 0) is 61.0 Å². The number of aromatic amines is 1. The third-order valence-corrected chi connectivity index (χ3v) is 10.1. The Bertz CT molecular complexity index is 2010. The smallest absolute Gasteiger partial charge is 0.416 e. The highest BCUT2D eigenvalue weighted by Crippen LogP contribution is 2.54. The van der Waals surface area contributed by atoms with Gasteiger partial charge in [-0.15, -0.1) is 0 Å². The summed E-state index contributed by atoms with van der Waals surface area (Å²) in [7, 11) is 0. The van der Waals surface area contributed by atoms with E-state index in [4.69, 9.17) is 9.47 Å². The summed E-state index contributed by atoms with van der Waals surface area (Å²) in [6.07, 6.45) is -9.32. The van der Waals surface area contributed by atoms with Crippen LogP contribution in [0.3, 0.4) is 0 Å². The van der Waals surface area contributed by atoms with E-state index in [2.05, 4.69) is 10.3 Å². The highest BCUT2D eigenvalue weighted by Gasteiger charge is 2.56. The number of rotatable bonds is 8. The molecule has 0 spiro atoms. The number of hydrogen-bond donors (Lipinski definition) is 2. The second-order valence-corrected chi connectivity index (χ2v) is 13.0. The lowest BCUT2D eigenvalue weighted by atomic mass is 9.83. The highest BCUT2D eigenvalue weighted by molar-refractivity contribution is 8.00. The third-order valence-electron chi connectivity index (χ3n) is 7.71. The average Bonchev–Trinajstić information content (AvgIpc) is 3.53. The van der Waals surface area contributed by atoms with Gasteiger partial charge in [-0.3, -0.25) is 19.2 Å². The molecule has 2 aliphatic heterocycles. The maximum atomic E-state index is 14.0. The van der Waals surface area contributed by atoms with Gasteiger partial charge >= 0.3 is 17.2 Å². The Labute approximate surface area is 281 Å². The third kappa shape index (κ3) is 6.76. The number of carbonyl (C=O) groups is 3. The predicted molar refractivity (Wildman–Crippen MR) is 167 cm³/mol. The molecule has 2 N–H and O–H groups in total. The van der Waals surface area contributed by atoms with E-state index in [9.17, 15) is 45.5 Å². The lowest BCUT2D eigenvalue weighted by Crippen LogP contribution is -2.32. The fraction of sp³-hybridized carbons (Fsp3) is 0.250. The molecular weight excluding hydrogens is 700 g/mol. The maximum Gasteiger partial charge on any atom is 0.416 e. The Morgan fingerprint density at radius 1 is 0.878 bits per heavy atom. The first-order valence-corrected chi connectivity index (χ1v) is 16.2. The normalized spacial score (nSPS) is 19.0. The molecule has 3 heterocycles. The van der Waals surface area contributed by atoms with Crippen LogP contribution in [0.5, 0.6) is 11.5 Å². The van der Waals surface area contributed by atoms with Crippen LogP contribution in [0.1, 0.15) is 34.4 Å². The number of anilines is 2. The number of imide groups is 1. The van der Waals surface area contributed by atoms with Crippen molar-refractivity contribution in [1.29, 1.82) is 0 Å². The quantitative estimate of drug-likeness (QED) is 0.154. The largest absolute Gasteiger partial charge is 0.490 e. The zero-order chi connectivity index (χ0) is 35.2. The molecule has 0 aliphatic carbocycles. The summed E-state index contributed by atoms with van der Waals surface area (Å²) in [5.74, 6) is -4.04. The minimum Gasteiger partial charge on any atom is -0.490 e. The summed E-state index contributed by atoms with van der Waals surface area (Å²) in [5, 5.41) is 1.61. The fourth-order valence-corrected chi connectivity index (χ4v) is 8.19. The Morgan fingerprint density at radius 2 is 1.57 bits per heavy atom. The highest BCUT2D eigenvalue weighted by atomic mass is 32.2. The van der Waals surface area contributed by atoms with Gasteiger partial charge in [0.05, 0.1) is 34.4 Å². The van der Waals surface area contributed by atoms with Gasteiger partial charge in [0.15, 0.2) is 18.1 Å². The second kappa shape index (κ2) is 12.9. The molecule has 49 heavy (non-hydrogen) atoms. The molecule has 9 nitrogen and oxygen atoms in total. The summed E-state index contributed by atoms with van der Waals surface area (Å²) in [6.45, 7) is 1.20. The van der Waals surface area contributed by atoms with Gasteiger partial charge in [0.1, 0.15) is 5.25 Å². The summed E-state index contributed by atoms with van der Waals surface area (Å²) in [5.41, 5.74) is -1.89. The standard InChI is InChI=1S/C32H23F6N3O6S2/c1-2-46-21-11-15(9-10-20(21)47-14-22(42)39-18-7-3-5-16(12-18)31(33,34)35)23-24-26(48-27-25(23)49-30(45)40-27)29(44)41(28(24)43)19-8-4-6-17(13-19)32(36,37)38/h3-13,23-24,26H,2,14H2,1H3,(H,39,42)(H,40,45)/t23-,24?,26?/m1/s1. The Morgan fingerprint density at radius 3 is 2.27 bits per heavy atom. The van der Waals surface area contributed by atoms with Crippen LogP contribution in [0, 0.1) is 5.92 Å². The van der Waals surface area contributed by atoms with E-state index in [0.717, 1.165) is 64.4 Å². The monoisotopic (exact) mass is 723 g/mol. The number of nitrogens with zero attached hydrogens (tertiary/aromatic N) is 1. The van der Waals surface area contributed by atoms with Gasteiger partial charge in [-0.25, -0.2) is 4.90 Å². The van der Waals surface area contributed by atoms with Crippen molar-refractivity contribution in [1.82, 2.24) is 4.98 Å². The molecule has 0 saturated carbocycles. The van der Waals surface area contributed by atoms with Gasteiger partial charge in [0.25, 0.3) is 5.91 Å².